The van der Waals surface area contributed by atoms with Crippen LogP contribution in [0.3, 0.4) is 0 Å². The number of alkyl halides is 3. The summed E-state index contributed by atoms with van der Waals surface area (Å²) in [7, 11) is -3.74. The van der Waals surface area contributed by atoms with E-state index in [4.69, 9.17) is 48.6 Å². The highest BCUT2D eigenvalue weighted by atomic mass is 35.6. The summed E-state index contributed by atoms with van der Waals surface area (Å²) in [6, 6.07) is 7.16. The Morgan fingerprint density at radius 2 is 1.70 bits per heavy atom. The van der Waals surface area contributed by atoms with E-state index in [0.29, 0.717) is 18.5 Å². The Balaban J connectivity index is 2.38. The smallest absolute Gasteiger partial charge is 0.415 e. The van der Waals surface area contributed by atoms with Gasteiger partial charge in [0.05, 0.1) is 18.9 Å². The number of amides is 1. The van der Waals surface area contributed by atoms with Gasteiger partial charge in [-0.2, -0.15) is 0 Å². The number of halogens is 3. The van der Waals surface area contributed by atoms with Gasteiger partial charge < -0.3 is 13.8 Å². The molecule has 1 aromatic rings. The molecule has 0 spiro atoms. The van der Waals surface area contributed by atoms with Gasteiger partial charge in [0.1, 0.15) is 6.61 Å². The molecule has 0 aliphatic carbocycles. The van der Waals surface area contributed by atoms with Crippen LogP contribution in [0.4, 0.5) is 10.5 Å². The van der Waals surface area contributed by atoms with Crippen LogP contribution in [0, 0.1) is 0 Å². The first kappa shape index (κ1) is 25.5. The summed E-state index contributed by atoms with van der Waals surface area (Å²) in [5.74, 6) is -0.996. The number of carbonyl (C=O) groups excluding carboxylic acids is 1. The third-order valence-corrected chi connectivity index (χ3v) is 6.79. The number of fused-ring (bicyclic) bond motifs is 1. The van der Waals surface area contributed by atoms with Gasteiger partial charge in [0.15, 0.2) is 5.78 Å². The number of carbonyl (C=O) groups is 1. The molecule has 0 unspecified atom stereocenters. The quantitative estimate of drug-likeness (QED) is 0.194. The predicted molar refractivity (Wildman–Crippen MR) is 123 cm³/mol. The minimum absolute atomic E-state index is 0.253. The lowest BCUT2D eigenvalue weighted by atomic mass is 10.1. The molecular formula is C20H27Cl3NO5P. The Kier molecular flexibility index (Phi) is 9.99. The van der Waals surface area contributed by atoms with Crippen molar-refractivity contribution in [2.24, 2.45) is 0 Å². The molecule has 0 N–H and O–H groups in total. The minimum atomic E-state index is -3.74. The fraction of sp³-hybridized carbons (Fsp3) is 0.550. The maximum atomic E-state index is 13.8. The minimum Gasteiger partial charge on any atom is -0.445 e. The molecule has 0 aromatic heterocycles. The SMILES string of the molecule is CCCCOP(=O)(OCCCC)[C@@H]1C=Cc2ccccc2N1C(=O)OCC(Cl)(Cl)Cl. The van der Waals surface area contributed by atoms with Crippen molar-refractivity contribution in [3.63, 3.8) is 0 Å². The van der Waals surface area contributed by atoms with E-state index in [1.165, 1.54) is 4.90 Å². The Labute approximate surface area is 192 Å². The molecule has 2 rings (SSSR count). The second-order valence-electron chi connectivity index (χ2n) is 6.78. The van der Waals surface area contributed by atoms with Gasteiger partial charge in [-0.05, 0) is 30.5 Å². The molecule has 1 aromatic carbocycles. The van der Waals surface area contributed by atoms with Gasteiger partial charge in [-0.15, -0.1) is 0 Å². The lowest BCUT2D eigenvalue weighted by Crippen LogP contribution is -2.43. The predicted octanol–water partition coefficient (Wildman–Crippen LogP) is 7.18. The third-order valence-electron chi connectivity index (χ3n) is 4.33. The zero-order valence-electron chi connectivity index (χ0n) is 17.1. The standard InChI is InChI=1S/C20H27Cl3NO5P/c1-3-5-13-28-30(26,29-14-6-4-2)18-12-11-16-9-7-8-10-17(16)24(18)19(25)27-15-20(21,22)23/h7-12,18H,3-6,13-15H2,1-2H3/t18-/m1/s1. The number of anilines is 1. The van der Waals surface area contributed by atoms with Crippen LogP contribution < -0.4 is 4.90 Å². The van der Waals surface area contributed by atoms with E-state index in [-0.39, 0.29) is 13.2 Å². The van der Waals surface area contributed by atoms with Crippen LogP contribution in [0.5, 0.6) is 0 Å². The van der Waals surface area contributed by atoms with Crippen LogP contribution in [0.1, 0.15) is 45.1 Å². The van der Waals surface area contributed by atoms with E-state index < -0.39 is 29.9 Å². The molecule has 1 amide bonds. The number of hydrogen-bond acceptors (Lipinski definition) is 5. The zero-order valence-corrected chi connectivity index (χ0v) is 20.2. The highest BCUT2D eigenvalue weighted by molar-refractivity contribution is 7.55. The lowest BCUT2D eigenvalue weighted by Gasteiger charge is -2.36. The van der Waals surface area contributed by atoms with E-state index >= 15 is 0 Å². The number of benzene rings is 1. The maximum Gasteiger partial charge on any atom is 0.415 e. The van der Waals surface area contributed by atoms with Gasteiger partial charge in [0.2, 0.25) is 3.79 Å². The molecule has 0 saturated heterocycles. The summed E-state index contributed by atoms with van der Waals surface area (Å²) in [4.78, 5) is 14.2. The topological polar surface area (TPSA) is 65.1 Å². The molecule has 6 nitrogen and oxygen atoms in total. The van der Waals surface area contributed by atoms with Crippen molar-refractivity contribution in [3.05, 3.63) is 35.9 Å². The molecule has 0 radical (unpaired) electrons. The molecule has 30 heavy (non-hydrogen) atoms. The first-order chi connectivity index (χ1) is 14.2. The monoisotopic (exact) mass is 497 g/mol. The van der Waals surface area contributed by atoms with Gasteiger partial charge in [0, 0.05) is 0 Å². The van der Waals surface area contributed by atoms with E-state index in [1.807, 2.05) is 26.0 Å². The number of rotatable bonds is 10. The van der Waals surface area contributed by atoms with Crippen molar-refractivity contribution in [1.82, 2.24) is 0 Å². The van der Waals surface area contributed by atoms with Crippen molar-refractivity contribution in [1.29, 1.82) is 0 Å². The third kappa shape index (κ3) is 7.15. The fourth-order valence-electron chi connectivity index (χ4n) is 2.79. The summed E-state index contributed by atoms with van der Waals surface area (Å²) >= 11 is 17.2. The van der Waals surface area contributed by atoms with Gasteiger partial charge in [0.25, 0.3) is 0 Å². The van der Waals surface area contributed by atoms with Crippen molar-refractivity contribution < 1.29 is 23.1 Å². The van der Waals surface area contributed by atoms with Crippen LogP contribution >= 0.6 is 42.4 Å². The average molecular weight is 499 g/mol. The first-order valence-corrected chi connectivity index (χ1v) is 12.6. The van der Waals surface area contributed by atoms with Gasteiger partial charge in [-0.1, -0.05) is 85.8 Å². The molecule has 1 aliphatic heterocycles. The van der Waals surface area contributed by atoms with Crippen LogP contribution in [0.2, 0.25) is 0 Å². The number of nitrogens with zero attached hydrogens (tertiary/aromatic N) is 1. The molecular weight excluding hydrogens is 472 g/mol. The van der Waals surface area contributed by atoms with Crippen LogP contribution in [-0.4, -0.2) is 35.5 Å². The first-order valence-electron chi connectivity index (χ1n) is 9.90. The van der Waals surface area contributed by atoms with E-state index in [9.17, 15) is 9.36 Å². The highest BCUT2D eigenvalue weighted by Crippen LogP contribution is 2.57. The molecule has 1 aliphatic rings. The Hall–Kier alpha value is -0.750. The number of unbranched alkanes of at least 4 members (excludes halogenated alkanes) is 2. The Morgan fingerprint density at radius 3 is 2.27 bits per heavy atom. The Bertz CT molecular complexity index is 770. The van der Waals surface area contributed by atoms with Crippen molar-refractivity contribution in [3.8, 4) is 0 Å². The largest absolute Gasteiger partial charge is 0.445 e. The van der Waals surface area contributed by atoms with Crippen molar-refractivity contribution in [2.75, 3.05) is 24.7 Å². The van der Waals surface area contributed by atoms with E-state index in [1.54, 1.807) is 24.3 Å². The molecule has 10 heteroatoms. The van der Waals surface area contributed by atoms with Gasteiger partial charge in [-0.3, -0.25) is 9.46 Å². The molecule has 0 fully saturated rings. The highest BCUT2D eigenvalue weighted by Gasteiger charge is 2.44. The van der Waals surface area contributed by atoms with Gasteiger partial charge in [-0.25, -0.2) is 4.79 Å². The summed E-state index contributed by atoms with van der Waals surface area (Å²) < 4.78 is 28.8. The van der Waals surface area contributed by atoms with Crippen molar-refractivity contribution in [2.45, 2.75) is 49.1 Å². The summed E-state index contributed by atoms with van der Waals surface area (Å²) in [6.45, 7) is 4.06. The van der Waals surface area contributed by atoms with Gasteiger partial charge >= 0.3 is 13.7 Å². The number of para-hydroxylation sites is 1. The molecule has 1 atom stereocenters. The number of hydrogen-bond donors (Lipinski definition) is 0. The second-order valence-corrected chi connectivity index (χ2v) is 11.4. The number of ether oxygens (including phenoxy) is 1. The maximum absolute atomic E-state index is 13.8. The summed E-state index contributed by atoms with van der Waals surface area (Å²) in [5, 5.41) is 0. The molecule has 168 valence electrons. The average Bonchev–Trinajstić information content (AvgIpc) is 2.71. The van der Waals surface area contributed by atoms with Crippen LogP contribution in [-0.2, 0) is 18.3 Å². The van der Waals surface area contributed by atoms with Crippen molar-refractivity contribution >= 4 is 60.3 Å². The zero-order chi connectivity index (χ0) is 22.2. The van der Waals surface area contributed by atoms with E-state index in [2.05, 4.69) is 0 Å². The van der Waals surface area contributed by atoms with Crippen LogP contribution in [0.15, 0.2) is 30.3 Å². The molecule has 1 heterocycles. The second kappa shape index (κ2) is 11.8. The molecule has 0 saturated carbocycles. The lowest BCUT2D eigenvalue weighted by molar-refractivity contribution is 0.152. The van der Waals surface area contributed by atoms with E-state index in [0.717, 1.165) is 18.4 Å². The normalized spacial score (nSPS) is 16.4. The molecule has 0 bridgehead atoms. The summed E-state index contributed by atoms with van der Waals surface area (Å²) in [5.41, 5.74) is 1.27. The summed E-state index contributed by atoms with van der Waals surface area (Å²) in [6.07, 6.45) is 5.79. The Morgan fingerprint density at radius 1 is 1.10 bits per heavy atom. The van der Waals surface area contributed by atoms with Crippen LogP contribution in [0.25, 0.3) is 6.08 Å². The fourth-order valence-corrected chi connectivity index (χ4v) is 4.90.